The molecule has 1 amide bonds. The van der Waals surface area contributed by atoms with Crippen molar-refractivity contribution in [1.82, 2.24) is 29.5 Å². The molecule has 9 nitrogen and oxygen atoms in total. The highest BCUT2D eigenvalue weighted by Crippen LogP contribution is 2.18. The second-order valence-electron chi connectivity index (χ2n) is 7.33. The number of aromatic nitrogens is 6. The Hall–Kier alpha value is -4.79. The zero-order valence-electron chi connectivity index (χ0n) is 17.6. The standard InChI is InChI=1S/C24H19N7O2/c1-16-14-20(26-21(32)13-12-17-8-4-2-5-9-17)31(29-16)24-27-22-19(23(33)28-24)15-25-30(22)18-10-6-3-7-11-18/h2-15H,1H3,(H,26,32)(H,27,28,33)/b13-12+. The van der Waals surface area contributed by atoms with Gasteiger partial charge in [-0.1, -0.05) is 48.5 Å². The van der Waals surface area contributed by atoms with Gasteiger partial charge in [0, 0.05) is 12.1 Å². The molecule has 0 unspecified atom stereocenters. The van der Waals surface area contributed by atoms with Gasteiger partial charge < -0.3 is 5.32 Å². The molecular weight excluding hydrogens is 418 g/mol. The third-order valence-electron chi connectivity index (χ3n) is 4.94. The van der Waals surface area contributed by atoms with E-state index in [0.717, 1.165) is 11.3 Å². The van der Waals surface area contributed by atoms with E-state index in [1.165, 1.54) is 17.0 Å². The lowest BCUT2D eigenvalue weighted by Crippen LogP contribution is -2.18. The van der Waals surface area contributed by atoms with Crippen LogP contribution in [0.3, 0.4) is 0 Å². The number of rotatable bonds is 5. The van der Waals surface area contributed by atoms with E-state index in [1.54, 1.807) is 23.7 Å². The quantitative estimate of drug-likeness (QED) is 0.410. The minimum absolute atomic E-state index is 0.167. The Morgan fingerprint density at radius 1 is 1.03 bits per heavy atom. The topological polar surface area (TPSA) is 110 Å². The van der Waals surface area contributed by atoms with Gasteiger partial charge in [0.1, 0.15) is 11.2 Å². The average Bonchev–Trinajstić information content (AvgIpc) is 3.42. The highest BCUT2D eigenvalue weighted by molar-refractivity contribution is 6.01. The highest BCUT2D eigenvalue weighted by Gasteiger charge is 2.16. The SMILES string of the molecule is Cc1cc(NC(=O)/C=C/c2ccccc2)n(-c2nc3c(cnn3-c3ccccc3)c(=O)[nH]2)n1. The van der Waals surface area contributed by atoms with E-state index in [4.69, 9.17) is 0 Å². The van der Waals surface area contributed by atoms with Gasteiger partial charge in [0.05, 0.1) is 17.6 Å². The van der Waals surface area contributed by atoms with Crippen LogP contribution >= 0.6 is 0 Å². The Labute approximate surface area is 188 Å². The molecule has 3 heterocycles. The summed E-state index contributed by atoms with van der Waals surface area (Å²) < 4.78 is 2.98. The molecule has 33 heavy (non-hydrogen) atoms. The molecule has 0 aliphatic heterocycles. The van der Waals surface area contributed by atoms with E-state index in [2.05, 4.69) is 25.5 Å². The molecule has 0 radical (unpaired) electrons. The molecule has 5 rings (SSSR count). The molecule has 0 fully saturated rings. The van der Waals surface area contributed by atoms with E-state index in [0.29, 0.717) is 22.5 Å². The number of hydrogen-bond acceptors (Lipinski definition) is 5. The molecule has 0 bridgehead atoms. The van der Waals surface area contributed by atoms with Crippen LogP contribution in [0.25, 0.3) is 28.7 Å². The fourth-order valence-electron chi connectivity index (χ4n) is 3.42. The van der Waals surface area contributed by atoms with Crippen molar-refractivity contribution in [3.05, 3.63) is 101 Å². The van der Waals surface area contributed by atoms with Crippen molar-refractivity contribution < 1.29 is 4.79 Å². The smallest absolute Gasteiger partial charge is 0.263 e. The predicted octanol–water partition coefficient (Wildman–Crippen LogP) is 3.25. The summed E-state index contributed by atoms with van der Waals surface area (Å²) in [6.07, 6.45) is 4.63. The van der Waals surface area contributed by atoms with Gasteiger partial charge in [0.2, 0.25) is 11.9 Å². The normalized spacial score (nSPS) is 11.3. The van der Waals surface area contributed by atoms with Crippen LogP contribution in [-0.4, -0.2) is 35.4 Å². The molecule has 3 aromatic heterocycles. The van der Waals surface area contributed by atoms with Gasteiger partial charge in [-0.15, -0.1) is 0 Å². The van der Waals surface area contributed by atoms with Crippen molar-refractivity contribution in [2.24, 2.45) is 0 Å². The number of nitrogens with zero attached hydrogens (tertiary/aromatic N) is 5. The maximum atomic E-state index is 12.7. The number of aromatic amines is 1. The maximum Gasteiger partial charge on any atom is 0.263 e. The molecule has 0 aliphatic carbocycles. The summed E-state index contributed by atoms with van der Waals surface area (Å²) in [4.78, 5) is 32.6. The van der Waals surface area contributed by atoms with Crippen molar-refractivity contribution in [2.75, 3.05) is 5.32 Å². The van der Waals surface area contributed by atoms with E-state index in [9.17, 15) is 9.59 Å². The van der Waals surface area contributed by atoms with Gasteiger partial charge in [0.15, 0.2) is 5.65 Å². The number of anilines is 1. The van der Waals surface area contributed by atoms with Crippen LogP contribution in [-0.2, 0) is 4.79 Å². The first-order chi connectivity index (χ1) is 16.1. The second kappa shape index (κ2) is 8.39. The molecule has 0 saturated carbocycles. The highest BCUT2D eigenvalue weighted by atomic mass is 16.1. The first-order valence-electron chi connectivity index (χ1n) is 10.2. The van der Waals surface area contributed by atoms with Crippen LogP contribution in [0.5, 0.6) is 0 Å². The minimum Gasteiger partial charge on any atom is -0.307 e. The lowest BCUT2D eigenvalue weighted by atomic mass is 10.2. The molecule has 162 valence electrons. The number of carbonyl (C=O) groups is 1. The first-order valence-corrected chi connectivity index (χ1v) is 10.2. The molecule has 5 aromatic rings. The van der Waals surface area contributed by atoms with Gasteiger partial charge in [0.25, 0.3) is 5.56 Å². The zero-order chi connectivity index (χ0) is 22.8. The Bertz CT molecular complexity index is 1530. The fraction of sp³-hybridized carbons (Fsp3) is 0.0417. The predicted molar refractivity (Wildman–Crippen MR) is 125 cm³/mol. The van der Waals surface area contributed by atoms with E-state index >= 15 is 0 Å². The number of benzene rings is 2. The van der Waals surface area contributed by atoms with Crippen molar-refractivity contribution in [2.45, 2.75) is 6.92 Å². The fourth-order valence-corrected chi connectivity index (χ4v) is 3.42. The average molecular weight is 437 g/mol. The Kier molecular flexibility index (Phi) is 5.12. The third kappa shape index (κ3) is 4.07. The van der Waals surface area contributed by atoms with Crippen molar-refractivity contribution in [3.63, 3.8) is 0 Å². The summed E-state index contributed by atoms with van der Waals surface area (Å²) in [5.74, 6) is 0.210. The van der Waals surface area contributed by atoms with Crippen LogP contribution in [0.4, 0.5) is 5.82 Å². The number of para-hydroxylation sites is 1. The first kappa shape index (κ1) is 20.1. The molecule has 0 aliphatic rings. The van der Waals surface area contributed by atoms with Gasteiger partial charge in [-0.2, -0.15) is 19.9 Å². The summed E-state index contributed by atoms with van der Waals surface area (Å²) in [7, 11) is 0. The number of amides is 1. The van der Waals surface area contributed by atoms with Crippen LogP contribution in [0.1, 0.15) is 11.3 Å². The summed E-state index contributed by atoms with van der Waals surface area (Å²) in [5.41, 5.74) is 2.35. The van der Waals surface area contributed by atoms with Crippen molar-refractivity contribution >= 4 is 28.8 Å². The van der Waals surface area contributed by atoms with Crippen molar-refractivity contribution in [3.8, 4) is 11.6 Å². The lowest BCUT2D eigenvalue weighted by molar-refractivity contribution is -0.111. The molecule has 9 heteroatoms. The number of carbonyl (C=O) groups excluding carboxylic acids is 1. The number of hydrogen-bond donors (Lipinski definition) is 2. The summed E-state index contributed by atoms with van der Waals surface area (Å²) in [6, 6.07) is 20.6. The maximum absolute atomic E-state index is 12.7. The van der Waals surface area contributed by atoms with Crippen LogP contribution in [0.15, 0.2) is 83.8 Å². The van der Waals surface area contributed by atoms with E-state index in [1.807, 2.05) is 60.7 Å². The van der Waals surface area contributed by atoms with Crippen LogP contribution in [0, 0.1) is 6.92 Å². The minimum atomic E-state index is -0.355. The summed E-state index contributed by atoms with van der Waals surface area (Å²) in [5, 5.41) is 11.9. The Morgan fingerprint density at radius 3 is 2.52 bits per heavy atom. The number of H-pyrrole nitrogens is 1. The summed E-state index contributed by atoms with van der Waals surface area (Å²) in [6.45, 7) is 1.79. The van der Waals surface area contributed by atoms with Crippen LogP contribution < -0.4 is 10.9 Å². The zero-order valence-corrected chi connectivity index (χ0v) is 17.6. The third-order valence-corrected chi connectivity index (χ3v) is 4.94. The Balaban J connectivity index is 1.51. The van der Waals surface area contributed by atoms with Crippen LogP contribution in [0.2, 0.25) is 0 Å². The van der Waals surface area contributed by atoms with Gasteiger partial charge >= 0.3 is 0 Å². The molecule has 2 N–H and O–H groups in total. The number of aryl methyl sites for hydroxylation is 1. The Morgan fingerprint density at radius 2 is 1.76 bits per heavy atom. The van der Waals surface area contributed by atoms with Gasteiger partial charge in [-0.3, -0.25) is 14.6 Å². The summed E-state index contributed by atoms with van der Waals surface area (Å²) >= 11 is 0. The monoisotopic (exact) mass is 437 g/mol. The number of nitrogens with one attached hydrogen (secondary N) is 2. The molecule has 0 atom stereocenters. The second-order valence-corrected chi connectivity index (χ2v) is 7.33. The molecule has 0 saturated heterocycles. The lowest BCUT2D eigenvalue weighted by Gasteiger charge is -2.08. The van der Waals surface area contributed by atoms with Gasteiger partial charge in [-0.05, 0) is 30.7 Å². The molecule has 0 spiro atoms. The molecular formula is C24H19N7O2. The van der Waals surface area contributed by atoms with E-state index in [-0.39, 0.29) is 17.4 Å². The van der Waals surface area contributed by atoms with Crippen molar-refractivity contribution in [1.29, 1.82) is 0 Å². The number of fused-ring (bicyclic) bond motifs is 1. The van der Waals surface area contributed by atoms with Gasteiger partial charge in [-0.25, -0.2) is 4.68 Å². The largest absolute Gasteiger partial charge is 0.307 e. The molecule has 2 aromatic carbocycles. The van der Waals surface area contributed by atoms with E-state index < -0.39 is 0 Å².